The highest BCUT2D eigenvalue weighted by atomic mass is 16.2. The second-order valence-corrected chi connectivity index (χ2v) is 6.77. The summed E-state index contributed by atoms with van der Waals surface area (Å²) in [5, 5.41) is 7.29. The molecule has 7 heteroatoms. The first-order valence-electron chi connectivity index (χ1n) is 9.24. The van der Waals surface area contributed by atoms with Gasteiger partial charge in [-0.05, 0) is 23.3 Å². The predicted molar refractivity (Wildman–Crippen MR) is 103 cm³/mol. The van der Waals surface area contributed by atoms with Crippen molar-refractivity contribution in [3.63, 3.8) is 0 Å². The molecule has 2 amide bonds. The SMILES string of the molecule is O=C(NCc1ccccc1)c1cc2n(n1)CCN(C(=O)Cc1cccnc1)C2. The van der Waals surface area contributed by atoms with E-state index in [1.54, 1.807) is 23.4 Å². The van der Waals surface area contributed by atoms with Gasteiger partial charge in [0.05, 0.1) is 25.2 Å². The van der Waals surface area contributed by atoms with E-state index in [-0.39, 0.29) is 11.8 Å². The minimum absolute atomic E-state index is 0.0514. The fraction of sp³-hybridized carbons (Fsp3) is 0.238. The number of hydrogen-bond donors (Lipinski definition) is 1. The number of aromatic nitrogens is 3. The Morgan fingerprint density at radius 2 is 1.86 bits per heavy atom. The smallest absolute Gasteiger partial charge is 0.272 e. The lowest BCUT2D eigenvalue weighted by molar-refractivity contribution is -0.132. The third kappa shape index (κ3) is 4.09. The fourth-order valence-electron chi connectivity index (χ4n) is 3.25. The molecule has 0 saturated heterocycles. The molecule has 0 spiro atoms. The Morgan fingerprint density at radius 3 is 2.64 bits per heavy atom. The van der Waals surface area contributed by atoms with Gasteiger partial charge in [-0.3, -0.25) is 19.3 Å². The Morgan fingerprint density at radius 1 is 1.04 bits per heavy atom. The Labute approximate surface area is 163 Å². The van der Waals surface area contributed by atoms with E-state index in [1.807, 2.05) is 47.1 Å². The van der Waals surface area contributed by atoms with Gasteiger partial charge in [-0.15, -0.1) is 0 Å². The summed E-state index contributed by atoms with van der Waals surface area (Å²) in [6.07, 6.45) is 3.73. The molecule has 28 heavy (non-hydrogen) atoms. The quantitative estimate of drug-likeness (QED) is 0.737. The topological polar surface area (TPSA) is 80.1 Å². The van der Waals surface area contributed by atoms with Crippen LogP contribution in [0, 0.1) is 0 Å². The number of carbonyl (C=O) groups is 2. The third-order valence-corrected chi connectivity index (χ3v) is 4.76. The molecule has 1 aromatic carbocycles. The highest BCUT2D eigenvalue weighted by Gasteiger charge is 2.24. The Bertz CT molecular complexity index is 969. The minimum atomic E-state index is -0.209. The molecule has 4 rings (SSSR count). The number of rotatable bonds is 5. The number of amides is 2. The average molecular weight is 375 g/mol. The maximum Gasteiger partial charge on any atom is 0.272 e. The molecule has 3 heterocycles. The number of benzene rings is 1. The number of pyridine rings is 1. The molecule has 0 radical (unpaired) electrons. The minimum Gasteiger partial charge on any atom is -0.347 e. The van der Waals surface area contributed by atoms with Crippen molar-refractivity contribution in [2.75, 3.05) is 6.54 Å². The molecule has 1 N–H and O–H groups in total. The highest BCUT2D eigenvalue weighted by molar-refractivity contribution is 5.92. The second kappa shape index (κ2) is 8.04. The molecule has 0 unspecified atom stereocenters. The van der Waals surface area contributed by atoms with Crippen LogP contribution in [-0.2, 0) is 30.8 Å². The average Bonchev–Trinajstić information content (AvgIpc) is 3.17. The highest BCUT2D eigenvalue weighted by Crippen LogP contribution is 2.15. The predicted octanol–water partition coefficient (Wildman–Crippen LogP) is 1.79. The monoisotopic (exact) mass is 375 g/mol. The van der Waals surface area contributed by atoms with Crippen molar-refractivity contribution in [1.29, 1.82) is 0 Å². The zero-order chi connectivity index (χ0) is 19.3. The maximum absolute atomic E-state index is 12.6. The summed E-state index contributed by atoms with van der Waals surface area (Å²) >= 11 is 0. The summed E-state index contributed by atoms with van der Waals surface area (Å²) in [6, 6.07) is 15.2. The summed E-state index contributed by atoms with van der Waals surface area (Å²) in [6.45, 7) is 2.08. The van der Waals surface area contributed by atoms with Crippen LogP contribution in [0.2, 0.25) is 0 Å². The molecular weight excluding hydrogens is 354 g/mol. The normalized spacial score (nSPS) is 13.1. The van der Waals surface area contributed by atoms with Gasteiger partial charge in [0.25, 0.3) is 5.91 Å². The molecule has 0 fully saturated rings. The lowest BCUT2D eigenvalue weighted by atomic mass is 10.2. The molecule has 0 atom stereocenters. The van der Waals surface area contributed by atoms with Crippen molar-refractivity contribution in [2.45, 2.75) is 26.1 Å². The summed E-state index contributed by atoms with van der Waals surface area (Å²) in [7, 11) is 0. The second-order valence-electron chi connectivity index (χ2n) is 6.77. The van der Waals surface area contributed by atoms with Gasteiger partial charge < -0.3 is 10.2 Å². The largest absolute Gasteiger partial charge is 0.347 e. The van der Waals surface area contributed by atoms with Gasteiger partial charge in [0.2, 0.25) is 5.91 Å². The molecule has 0 aliphatic carbocycles. The van der Waals surface area contributed by atoms with Crippen molar-refractivity contribution in [2.24, 2.45) is 0 Å². The van der Waals surface area contributed by atoms with Crippen molar-refractivity contribution in [1.82, 2.24) is 25.0 Å². The summed E-state index contributed by atoms with van der Waals surface area (Å²) in [5.41, 5.74) is 3.18. The van der Waals surface area contributed by atoms with Crippen molar-refractivity contribution in [3.8, 4) is 0 Å². The van der Waals surface area contributed by atoms with Gasteiger partial charge in [-0.2, -0.15) is 5.10 Å². The fourth-order valence-corrected chi connectivity index (χ4v) is 3.25. The van der Waals surface area contributed by atoms with Crippen LogP contribution in [0.1, 0.15) is 27.3 Å². The van der Waals surface area contributed by atoms with E-state index in [4.69, 9.17) is 0 Å². The van der Waals surface area contributed by atoms with Gasteiger partial charge in [0.15, 0.2) is 5.69 Å². The van der Waals surface area contributed by atoms with E-state index in [0.29, 0.717) is 38.3 Å². The Kier molecular flexibility index (Phi) is 5.14. The van der Waals surface area contributed by atoms with Gasteiger partial charge in [-0.25, -0.2) is 0 Å². The lowest BCUT2D eigenvalue weighted by Gasteiger charge is -2.27. The molecular formula is C21H21N5O2. The number of nitrogens with one attached hydrogen (secondary N) is 1. The summed E-state index contributed by atoms with van der Waals surface area (Å²) in [4.78, 5) is 30.8. The number of fused-ring (bicyclic) bond motifs is 1. The number of hydrogen-bond acceptors (Lipinski definition) is 4. The maximum atomic E-state index is 12.6. The molecule has 142 valence electrons. The first-order valence-corrected chi connectivity index (χ1v) is 9.24. The van der Waals surface area contributed by atoms with Gasteiger partial charge in [-0.1, -0.05) is 36.4 Å². The zero-order valence-electron chi connectivity index (χ0n) is 15.4. The lowest BCUT2D eigenvalue weighted by Crippen LogP contribution is -2.39. The first kappa shape index (κ1) is 17.9. The van der Waals surface area contributed by atoms with Crippen molar-refractivity contribution < 1.29 is 9.59 Å². The standard InChI is InChI=1S/C21H21N5O2/c27-20(11-17-7-4-8-22-13-17)25-9-10-26-18(15-25)12-19(24-26)21(28)23-14-16-5-2-1-3-6-16/h1-8,12-13H,9-11,14-15H2,(H,23,28). The van der Waals surface area contributed by atoms with Gasteiger partial charge in [0.1, 0.15) is 0 Å². The van der Waals surface area contributed by atoms with Gasteiger partial charge >= 0.3 is 0 Å². The molecule has 0 saturated carbocycles. The Balaban J connectivity index is 1.37. The number of carbonyl (C=O) groups excluding carboxylic acids is 2. The number of nitrogens with zero attached hydrogens (tertiary/aromatic N) is 4. The molecule has 1 aliphatic rings. The first-order chi connectivity index (χ1) is 13.7. The van der Waals surface area contributed by atoms with E-state index in [2.05, 4.69) is 15.4 Å². The van der Waals surface area contributed by atoms with E-state index in [0.717, 1.165) is 16.8 Å². The van der Waals surface area contributed by atoms with E-state index >= 15 is 0 Å². The van der Waals surface area contributed by atoms with E-state index in [9.17, 15) is 9.59 Å². The third-order valence-electron chi connectivity index (χ3n) is 4.76. The zero-order valence-corrected chi connectivity index (χ0v) is 15.4. The summed E-state index contributed by atoms with van der Waals surface area (Å²) in [5.74, 6) is -0.158. The molecule has 2 aromatic heterocycles. The van der Waals surface area contributed by atoms with Crippen LogP contribution in [0.15, 0.2) is 60.9 Å². The van der Waals surface area contributed by atoms with Crippen LogP contribution in [-0.4, -0.2) is 38.0 Å². The molecule has 3 aromatic rings. The molecule has 7 nitrogen and oxygen atoms in total. The van der Waals surface area contributed by atoms with Crippen molar-refractivity contribution >= 4 is 11.8 Å². The van der Waals surface area contributed by atoms with E-state index < -0.39 is 0 Å². The Hall–Kier alpha value is -3.48. The molecule has 1 aliphatic heterocycles. The summed E-state index contributed by atoms with van der Waals surface area (Å²) < 4.78 is 1.81. The van der Waals surface area contributed by atoms with Crippen LogP contribution in [0.25, 0.3) is 0 Å². The van der Waals surface area contributed by atoms with Crippen LogP contribution in [0.3, 0.4) is 0 Å². The molecule has 0 bridgehead atoms. The van der Waals surface area contributed by atoms with Crippen LogP contribution < -0.4 is 5.32 Å². The van der Waals surface area contributed by atoms with Crippen molar-refractivity contribution in [3.05, 3.63) is 83.4 Å². The van der Waals surface area contributed by atoms with Gasteiger partial charge in [0, 0.05) is 25.5 Å². The van der Waals surface area contributed by atoms with Crippen LogP contribution >= 0.6 is 0 Å². The van der Waals surface area contributed by atoms with Crippen LogP contribution in [0.4, 0.5) is 0 Å². The van der Waals surface area contributed by atoms with E-state index in [1.165, 1.54) is 0 Å². The van der Waals surface area contributed by atoms with Crippen LogP contribution in [0.5, 0.6) is 0 Å².